The van der Waals surface area contributed by atoms with E-state index in [1.165, 1.54) is 17.0 Å². The molecule has 0 spiro atoms. The van der Waals surface area contributed by atoms with E-state index >= 15 is 0 Å². The molecule has 0 radical (unpaired) electrons. The van der Waals surface area contributed by atoms with Gasteiger partial charge >= 0.3 is 6.09 Å². The topological polar surface area (TPSA) is 55.8 Å². The third-order valence-electron chi connectivity index (χ3n) is 4.36. The van der Waals surface area contributed by atoms with E-state index in [-0.39, 0.29) is 36.8 Å². The minimum absolute atomic E-state index is 0.0627. The molecule has 1 fully saturated rings. The number of nitrogens with zero attached hydrogens (tertiary/aromatic N) is 1. The van der Waals surface area contributed by atoms with Gasteiger partial charge in [0.15, 0.2) is 5.78 Å². The Balaban J connectivity index is 1.67. The normalized spacial score (nSPS) is 14.4. The quantitative estimate of drug-likeness (QED) is 0.714. The van der Waals surface area contributed by atoms with E-state index in [2.05, 4.69) is 0 Å². The average molecular weight is 385 g/mol. The van der Waals surface area contributed by atoms with E-state index in [4.69, 9.17) is 9.47 Å². The van der Waals surface area contributed by atoms with Gasteiger partial charge < -0.3 is 14.4 Å². The zero-order valence-electron chi connectivity index (χ0n) is 16.3. The highest BCUT2D eigenvalue weighted by Crippen LogP contribution is 2.29. The Hall–Kier alpha value is -2.89. The fourth-order valence-electron chi connectivity index (χ4n) is 2.92. The summed E-state index contributed by atoms with van der Waals surface area (Å²) in [6, 6.07) is 13.8. The highest BCUT2D eigenvalue weighted by molar-refractivity contribution is 6.01. The molecule has 5 nitrogen and oxygen atoms in total. The Bertz CT molecular complexity index is 855. The van der Waals surface area contributed by atoms with Crippen LogP contribution in [-0.4, -0.2) is 35.5 Å². The third-order valence-corrected chi connectivity index (χ3v) is 4.36. The van der Waals surface area contributed by atoms with E-state index in [9.17, 15) is 14.0 Å². The van der Waals surface area contributed by atoms with Crippen LogP contribution in [0.5, 0.6) is 5.75 Å². The summed E-state index contributed by atoms with van der Waals surface area (Å²) in [6.07, 6.45) is -0.467. The number of rotatable bonds is 5. The van der Waals surface area contributed by atoms with Gasteiger partial charge in [-0.25, -0.2) is 9.18 Å². The summed E-state index contributed by atoms with van der Waals surface area (Å²) in [5.41, 5.74) is 0.257. The number of likely N-dealkylation sites (tertiary alicyclic amines) is 1. The molecule has 0 unspecified atom stereocenters. The molecular formula is C22H24FNO4. The molecule has 1 aliphatic heterocycles. The number of carbonyl (C=O) groups excluding carboxylic acids is 2. The van der Waals surface area contributed by atoms with E-state index < -0.39 is 23.4 Å². The summed E-state index contributed by atoms with van der Waals surface area (Å²) >= 11 is 0. The fourth-order valence-corrected chi connectivity index (χ4v) is 2.92. The summed E-state index contributed by atoms with van der Waals surface area (Å²) in [6.45, 7) is 5.99. The van der Waals surface area contributed by atoms with Crippen LogP contribution in [0.25, 0.3) is 0 Å². The first-order chi connectivity index (χ1) is 13.2. The maximum absolute atomic E-state index is 14.4. The second kappa shape index (κ2) is 8.00. The first kappa shape index (κ1) is 19.9. The molecule has 1 amide bonds. The van der Waals surface area contributed by atoms with Gasteiger partial charge in [-0.1, -0.05) is 36.4 Å². The van der Waals surface area contributed by atoms with Crippen molar-refractivity contribution >= 4 is 11.9 Å². The van der Waals surface area contributed by atoms with Crippen molar-refractivity contribution in [3.05, 3.63) is 65.5 Å². The molecular weight excluding hydrogens is 361 g/mol. The predicted octanol–water partition coefficient (Wildman–Crippen LogP) is 4.45. The first-order valence-corrected chi connectivity index (χ1v) is 9.22. The second-order valence-corrected chi connectivity index (χ2v) is 7.83. The van der Waals surface area contributed by atoms with Gasteiger partial charge in [0, 0.05) is 13.1 Å². The summed E-state index contributed by atoms with van der Waals surface area (Å²) in [7, 11) is 0. The number of ether oxygens (including phenoxy) is 2. The van der Waals surface area contributed by atoms with Crippen molar-refractivity contribution in [1.29, 1.82) is 0 Å². The average Bonchev–Trinajstić information content (AvgIpc) is 2.58. The van der Waals surface area contributed by atoms with Crippen molar-refractivity contribution in [3.8, 4) is 5.75 Å². The molecule has 0 aromatic heterocycles. The second-order valence-electron chi connectivity index (χ2n) is 7.83. The molecule has 0 aliphatic carbocycles. The Labute approximate surface area is 164 Å². The molecule has 6 heteroatoms. The third kappa shape index (κ3) is 4.68. The highest BCUT2D eigenvalue weighted by atomic mass is 19.1. The van der Waals surface area contributed by atoms with Crippen molar-refractivity contribution < 1.29 is 23.5 Å². The van der Waals surface area contributed by atoms with Gasteiger partial charge in [0.2, 0.25) is 0 Å². The van der Waals surface area contributed by atoms with Crippen LogP contribution < -0.4 is 4.74 Å². The van der Waals surface area contributed by atoms with Gasteiger partial charge in [-0.05, 0) is 38.5 Å². The lowest BCUT2D eigenvalue weighted by molar-refractivity contribution is 0.00139. The van der Waals surface area contributed by atoms with Crippen LogP contribution in [0.3, 0.4) is 0 Å². The molecule has 0 N–H and O–H groups in total. The van der Waals surface area contributed by atoms with Gasteiger partial charge in [-0.3, -0.25) is 4.79 Å². The fraction of sp³-hybridized carbons (Fsp3) is 0.364. The van der Waals surface area contributed by atoms with Crippen molar-refractivity contribution in [1.82, 2.24) is 4.90 Å². The van der Waals surface area contributed by atoms with E-state index in [1.807, 2.05) is 30.3 Å². The van der Waals surface area contributed by atoms with Crippen molar-refractivity contribution in [2.75, 3.05) is 13.1 Å². The highest BCUT2D eigenvalue weighted by Gasteiger charge is 2.39. The molecule has 3 rings (SSSR count). The Morgan fingerprint density at radius 3 is 2.39 bits per heavy atom. The summed E-state index contributed by atoms with van der Waals surface area (Å²) < 4.78 is 25.4. The maximum atomic E-state index is 14.4. The number of hydrogen-bond acceptors (Lipinski definition) is 4. The summed E-state index contributed by atoms with van der Waals surface area (Å²) in [5, 5.41) is 0. The van der Waals surface area contributed by atoms with Crippen LogP contribution >= 0.6 is 0 Å². The van der Waals surface area contributed by atoms with Crippen LogP contribution in [0.2, 0.25) is 0 Å². The van der Waals surface area contributed by atoms with Crippen molar-refractivity contribution in [3.63, 3.8) is 0 Å². The van der Waals surface area contributed by atoms with Gasteiger partial charge in [0.1, 0.15) is 23.8 Å². The SMILES string of the molecule is CC(C)(C)OC(=O)N1CC(C(=O)c2c(F)cccc2OCc2ccccc2)C1. The molecule has 0 saturated carbocycles. The minimum atomic E-state index is -0.619. The Morgan fingerprint density at radius 2 is 1.75 bits per heavy atom. The molecule has 1 saturated heterocycles. The molecule has 0 bridgehead atoms. The number of amides is 1. The molecule has 2 aromatic carbocycles. The van der Waals surface area contributed by atoms with Crippen LogP contribution in [0.15, 0.2) is 48.5 Å². The van der Waals surface area contributed by atoms with E-state index in [0.717, 1.165) is 5.56 Å². The zero-order valence-corrected chi connectivity index (χ0v) is 16.3. The number of Topliss-reactive ketones (excluding diaryl/α,β-unsaturated/α-hetero) is 1. The summed E-state index contributed by atoms with van der Waals surface area (Å²) in [5.74, 6) is -1.24. The zero-order chi connectivity index (χ0) is 20.3. The molecule has 1 heterocycles. The van der Waals surface area contributed by atoms with Crippen LogP contribution in [-0.2, 0) is 11.3 Å². The Kier molecular flexibility index (Phi) is 5.68. The van der Waals surface area contributed by atoms with Gasteiger partial charge in [0.25, 0.3) is 0 Å². The van der Waals surface area contributed by atoms with Crippen molar-refractivity contribution in [2.24, 2.45) is 5.92 Å². The molecule has 28 heavy (non-hydrogen) atoms. The molecule has 1 aliphatic rings. The van der Waals surface area contributed by atoms with E-state index in [1.54, 1.807) is 26.8 Å². The summed E-state index contributed by atoms with van der Waals surface area (Å²) in [4.78, 5) is 26.3. The van der Waals surface area contributed by atoms with Crippen LogP contribution in [0, 0.1) is 11.7 Å². The van der Waals surface area contributed by atoms with Crippen LogP contribution in [0.4, 0.5) is 9.18 Å². The maximum Gasteiger partial charge on any atom is 0.410 e. The number of hydrogen-bond donors (Lipinski definition) is 0. The molecule has 148 valence electrons. The standard InChI is InChI=1S/C22H24FNO4/c1-22(2,3)28-21(26)24-12-16(13-24)20(25)19-17(23)10-7-11-18(19)27-14-15-8-5-4-6-9-15/h4-11,16H,12-14H2,1-3H3. The first-order valence-electron chi connectivity index (χ1n) is 9.22. The van der Waals surface area contributed by atoms with Crippen molar-refractivity contribution in [2.45, 2.75) is 33.0 Å². The number of carbonyl (C=O) groups is 2. The minimum Gasteiger partial charge on any atom is -0.488 e. The lowest BCUT2D eigenvalue weighted by Gasteiger charge is -2.39. The number of benzene rings is 2. The lowest BCUT2D eigenvalue weighted by atomic mass is 9.90. The van der Waals surface area contributed by atoms with E-state index in [0.29, 0.717) is 0 Å². The molecule has 0 atom stereocenters. The van der Waals surface area contributed by atoms with Gasteiger partial charge in [-0.2, -0.15) is 0 Å². The Morgan fingerprint density at radius 1 is 1.07 bits per heavy atom. The molecule has 2 aromatic rings. The smallest absolute Gasteiger partial charge is 0.410 e. The largest absolute Gasteiger partial charge is 0.488 e. The monoisotopic (exact) mass is 385 g/mol. The van der Waals surface area contributed by atoms with Crippen LogP contribution in [0.1, 0.15) is 36.7 Å². The van der Waals surface area contributed by atoms with Gasteiger partial charge in [0.05, 0.1) is 11.5 Å². The number of ketones is 1. The van der Waals surface area contributed by atoms with Gasteiger partial charge in [-0.15, -0.1) is 0 Å². The number of halogens is 1. The predicted molar refractivity (Wildman–Crippen MR) is 103 cm³/mol. The lowest BCUT2D eigenvalue weighted by Crippen LogP contribution is -2.54.